The van der Waals surface area contributed by atoms with Crippen molar-refractivity contribution >= 4 is 28.7 Å². The summed E-state index contributed by atoms with van der Waals surface area (Å²) in [5, 5.41) is 2.71. The van der Waals surface area contributed by atoms with Crippen molar-refractivity contribution < 1.29 is 9.59 Å². The van der Waals surface area contributed by atoms with Crippen LogP contribution in [0.1, 0.15) is 46.2 Å². The third-order valence-corrected chi connectivity index (χ3v) is 4.40. The number of hydrogen-bond donors (Lipinski definition) is 3. The van der Waals surface area contributed by atoms with Gasteiger partial charge in [0, 0.05) is 23.9 Å². The number of nitrogens with zero attached hydrogens (tertiary/aromatic N) is 3. The molecule has 3 heterocycles. The maximum atomic E-state index is 12.7. The number of carbonyl (C=O) groups excluding carboxylic acids is 2. The summed E-state index contributed by atoms with van der Waals surface area (Å²) >= 11 is 0. The van der Waals surface area contributed by atoms with Crippen LogP contribution in [0.4, 0.5) is 5.95 Å². The van der Waals surface area contributed by atoms with E-state index in [1.54, 1.807) is 48.8 Å². The number of nitrogens with one attached hydrogen (secondary N) is 3. The molecule has 3 aromatic heterocycles. The number of carbonyl (C=O) groups is 2. The minimum atomic E-state index is -0.421. The van der Waals surface area contributed by atoms with Crippen molar-refractivity contribution in [3.63, 3.8) is 0 Å². The van der Waals surface area contributed by atoms with Gasteiger partial charge >= 0.3 is 0 Å². The normalized spacial score (nSPS) is 10.7. The number of aromatic amines is 2. The first kappa shape index (κ1) is 20.0. The van der Waals surface area contributed by atoms with Crippen LogP contribution in [-0.4, -0.2) is 36.6 Å². The Bertz CT molecular complexity index is 1310. The topological polar surface area (TPSA) is 116 Å². The number of fused-ring (bicyclic) bond motifs is 1. The Labute approximate surface area is 178 Å². The van der Waals surface area contributed by atoms with Crippen LogP contribution in [0.2, 0.25) is 0 Å². The third-order valence-electron chi connectivity index (χ3n) is 4.40. The number of ketones is 1. The highest BCUT2D eigenvalue weighted by molar-refractivity contribution is 6.08. The van der Waals surface area contributed by atoms with E-state index in [1.807, 2.05) is 13.8 Å². The number of imidazole rings is 2. The molecule has 0 aliphatic rings. The van der Waals surface area contributed by atoms with E-state index in [0.29, 0.717) is 28.1 Å². The van der Waals surface area contributed by atoms with Gasteiger partial charge in [0.1, 0.15) is 22.7 Å². The summed E-state index contributed by atoms with van der Waals surface area (Å²) in [6.45, 7) is 3.97. The summed E-state index contributed by atoms with van der Waals surface area (Å²) in [5.41, 5.74) is 2.33. The molecule has 8 heteroatoms. The first-order valence-corrected chi connectivity index (χ1v) is 9.80. The van der Waals surface area contributed by atoms with E-state index in [1.165, 1.54) is 0 Å². The van der Waals surface area contributed by atoms with Crippen LogP contribution in [0.25, 0.3) is 11.0 Å². The van der Waals surface area contributed by atoms with Gasteiger partial charge in [-0.3, -0.25) is 14.9 Å². The van der Waals surface area contributed by atoms with Crippen molar-refractivity contribution in [2.75, 3.05) is 5.32 Å². The molecule has 154 valence electrons. The molecule has 0 saturated heterocycles. The second-order valence-corrected chi connectivity index (χ2v) is 7.21. The van der Waals surface area contributed by atoms with Crippen LogP contribution in [0, 0.1) is 17.8 Å². The molecule has 0 fully saturated rings. The van der Waals surface area contributed by atoms with E-state index < -0.39 is 5.91 Å². The number of H-pyrrole nitrogens is 2. The molecule has 0 radical (unpaired) electrons. The summed E-state index contributed by atoms with van der Waals surface area (Å²) < 4.78 is 0. The number of anilines is 1. The number of para-hydroxylation sites is 1. The molecule has 8 nitrogen and oxygen atoms in total. The van der Waals surface area contributed by atoms with E-state index in [9.17, 15) is 9.59 Å². The standard InChI is InChI=1S/C23H20N6O2/c1-14(2)9-10-15-5-3-8-18(26-15)22(31)29-23-27-17-7-4-6-16(21(17)28-23)19(30)13-20-24-11-12-25-20/h3-8,11-12,14H,13H2,1-2H3,(H,24,25)(H2,27,28,29,31). The number of pyridine rings is 1. The van der Waals surface area contributed by atoms with Crippen LogP contribution in [0.3, 0.4) is 0 Å². The number of Topliss-reactive ketones (excluding diaryl/α,β-unsaturated/α-hetero) is 1. The highest BCUT2D eigenvalue weighted by Crippen LogP contribution is 2.20. The van der Waals surface area contributed by atoms with Gasteiger partial charge in [0.15, 0.2) is 5.78 Å². The SMILES string of the molecule is CC(C)C#Cc1cccc(C(=O)Nc2nc3c(C(=O)Cc4ncc[nH]4)cccc3[nH]2)n1. The van der Waals surface area contributed by atoms with E-state index in [2.05, 4.69) is 42.1 Å². The molecule has 0 saturated carbocycles. The van der Waals surface area contributed by atoms with Gasteiger partial charge in [-0.2, -0.15) is 0 Å². The summed E-state index contributed by atoms with van der Waals surface area (Å²) in [7, 11) is 0. The van der Waals surface area contributed by atoms with Crippen LogP contribution in [0.5, 0.6) is 0 Å². The van der Waals surface area contributed by atoms with E-state index >= 15 is 0 Å². The Balaban J connectivity index is 1.56. The van der Waals surface area contributed by atoms with Crippen molar-refractivity contribution in [2.45, 2.75) is 20.3 Å². The van der Waals surface area contributed by atoms with Crippen molar-refractivity contribution in [1.82, 2.24) is 24.9 Å². The fourth-order valence-electron chi connectivity index (χ4n) is 2.98. The van der Waals surface area contributed by atoms with Gasteiger partial charge in [-0.25, -0.2) is 15.0 Å². The highest BCUT2D eigenvalue weighted by atomic mass is 16.2. The molecule has 0 spiro atoms. The fraction of sp³-hybridized carbons (Fsp3) is 0.174. The van der Waals surface area contributed by atoms with Crippen molar-refractivity contribution in [3.8, 4) is 11.8 Å². The Kier molecular flexibility index (Phi) is 5.58. The van der Waals surface area contributed by atoms with Crippen molar-refractivity contribution in [3.05, 3.63) is 71.6 Å². The van der Waals surface area contributed by atoms with Crippen LogP contribution in [0.15, 0.2) is 48.8 Å². The van der Waals surface area contributed by atoms with E-state index in [4.69, 9.17) is 0 Å². The number of aromatic nitrogens is 5. The minimum Gasteiger partial charge on any atom is -0.348 e. The summed E-state index contributed by atoms with van der Waals surface area (Å²) in [6, 6.07) is 10.4. The Morgan fingerprint density at radius 1 is 1.13 bits per heavy atom. The molecule has 0 aliphatic heterocycles. The second-order valence-electron chi connectivity index (χ2n) is 7.21. The molecule has 1 aromatic carbocycles. The maximum absolute atomic E-state index is 12.7. The van der Waals surface area contributed by atoms with Crippen LogP contribution >= 0.6 is 0 Å². The molecular weight excluding hydrogens is 392 g/mol. The van der Waals surface area contributed by atoms with Crippen LogP contribution < -0.4 is 5.32 Å². The number of hydrogen-bond acceptors (Lipinski definition) is 5. The van der Waals surface area contributed by atoms with Gasteiger partial charge in [-0.15, -0.1) is 0 Å². The lowest BCUT2D eigenvalue weighted by atomic mass is 10.1. The van der Waals surface area contributed by atoms with Crippen molar-refractivity contribution in [1.29, 1.82) is 0 Å². The molecule has 0 unspecified atom stereocenters. The Hall–Kier alpha value is -4.25. The molecule has 1 amide bonds. The van der Waals surface area contributed by atoms with Gasteiger partial charge in [-0.05, 0) is 30.2 Å². The van der Waals surface area contributed by atoms with E-state index in [0.717, 1.165) is 0 Å². The zero-order valence-corrected chi connectivity index (χ0v) is 17.1. The molecule has 3 N–H and O–H groups in total. The number of benzene rings is 1. The zero-order chi connectivity index (χ0) is 21.8. The lowest BCUT2D eigenvalue weighted by Gasteiger charge is -2.01. The summed E-state index contributed by atoms with van der Waals surface area (Å²) in [5.74, 6) is 6.46. The van der Waals surface area contributed by atoms with Crippen LogP contribution in [-0.2, 0) is 6.42 Å². The predicted octanol–water partition coefficient (Wildman–Crippen LogP) is 3.37. The minimum absolute atomic E-state index is 0.122. The van der Waals surface area contributed by atoms with Crippen molar-refractivity contribution in [2.24, 2.45) is 5.92 Å². The fourth-order valence-corrected chi connectivity index (χ4v) is 2.98. The quantitative estimate of drug-likeness (QED) is 0.343. The molecule has 0 bridgehead atoms. The van der Waals surface area contributed by atoms with Gasteiger partial charge < -0.3 is 9.97 Å². The molecule has 0 aliphatic carbocycles. The van der Waals surface area contributed by atoms with Gasteiger partial charge in [-0.1, -0.05) is 31.9 Å². The lowest BCUT2D eigenvalue weighted by Crippen LogP contribution is -2.15. The molecule has 0 atom stereocenters. The van der Waals surface area contributed by atoms with Gasteiger partial charge in [0.25, 0.3) is 5.91 Å². The smallest absolute Gasteiger partial charge is 0.276 e. The molecule has 4 rings (SSSR count). The average molecular weight is 412 g/mol. The predicted molar refractivity (Wildman–Crippen MR) is 117 cm³/mol. The highest BCUT2D eigenvalue weighted by Gasteiger charge is 2.17. The zero-order valence-electron chi connectivity index (χ0n) is 17.1. The number of rotatable bonds is 5. The third kappa shape index (κ3) is 4.67. The lowest BCUT2D eigenvalue weighted by molar-refractivity contribution is 0.0990. The second kappa shape index (κ2) is 8.63. The monoisotopic (exact) mass is 412 g/mol. The van der Waals surface area contributed by atoms with E-state index in [-0.39, 0.29) is 29.8 Å². The summed E-state index contributed by atoms with van der Waals surface area (Å²) in [6.07, 6.45) is 3.40. The summed E-state index contributed by atoms with van der Waals surface area (Å²) in [4.78, 5) is 44.1. The number of amides is 1. The first-order valence-electron chi connectivity index (χ1n) is 9.80. The van der Waals surface area contributed by atoms with Gasteiger partial charge in [0.05, 0.1) is 11.9 Å². The maximum Gasteiger partial charge on any atom is 0.276 e. The Morgan fingerprint density at radius 2 is 1.97 bits per heavy atom. The van der Waals surface area contributed by atoms with Gasteiger partial charge in [0.2, 0.25) is 5.95 Å². The molecule has 4 aromatic rings. The Morgan fingerprint density at radius 3 is 2.74 bits per heavy atom. The first-order chi connectivity index (χ1) is 15.0. The molecule has 31 heavy (non-hydrogen) atoms. The largest absolute Gasteiger partial charge is 0.348 e. The molecular formula is C23H20N6O2. The average Bonchev–Trinajstić information content (AvgIpc) is 3.41.